The first-order chi connectivity index (χ1) is 40.6. The molecule has 11 aromatic heterocycles. The van der Waals surface area contributed by atoms with Crippen molar-refractivity contribution in [2.45, 2.75) is 13.8 Å². The maximum absolute atomic E-state index is 5.01. The van der Waals surface area contributed by atoms with E-state index in [0.717, 1.165) is 95.9 Å². The van der Waals surface area contributed by atoms with Gasteiger partial charge in [0.25, 0.3) is 0 Å². The van der Waals surface area contributed by atoms with E-state index in [1.54, 1.807) is 94.9 Å². The molecule has 0 spiro atoms. The summed E-state index contributed by atoms with van der Waals surface area (Å²) in [6.45, 7) is 4.17. The van der Waals surface area contributed by atoms with Gasteiger partial charge in [-0.3, -0.25) is 4.98 Å². The van der Waals surface area contributed by atoms with Crippen molar-refractivity contribution < 1.29 is 110 Å². The minimum Gasteiger partial charge on any atom is -0.662 e. The van der Waals surface area contributed by atoms with E-state index in [1.807, 2.05) is 113 Å². The van der Waals surface area contributed by atoms with Gasteiger partial charge in [0, 0.05) is 142 Å². The quantitative estimate of drug-likeness (QED) is 0.124. The number of rotatable bonds is 10. The van der Waals surface area contributed by atoms with E-state index >= 15 is 0 Å². The summed E-state index contributed by atoms with van der Waals surface area (Å²) in [5.74, 6) is 0. The van der Waals surface area contributed by atoms with Gasteiger partial charge in [-0.2, -0.15) is 12.4 Å². The fraction of sp³-hybridized carbons (Fsp3) is 0.0317. The van der Waals surface area contributed by atoms with Crippen molar-refractivity contribution in [3.05, 3.63) is 246 Å². The molecule has 0 fully saturated rings. The molecule has 4 radical (unpaired) electrons. The van der Waals surface area contributed by atoms with E-state index < -0.39 is 0 Å². The summed E-state index contributed by atoms with van der Waals surface area (Å²) in [4.78, 5) is 42.3. The molecule has 0 aliphatic heterocycles. The van der Waals surface area contributed by atoms with Crippen LogP contribution in [0.2, 0.25) is 0 Å². The van der Waals surface area contributed by atoms with Crippen LogP contribution in [-0.4, -0.2) is 45.1 Å². The van der Waals surface area contributed by atoms with E-state index in [9.17, 15) is 0 Å². The Bertz CT molecular complexity index is 3810. The molecule has 0 saturated heterocycles. The van der Waals surface area contributed by atoms with Gasteiger partial charge in [-0.1, -0.05) is 145 Å². The maximum atomic E-state index is 5.01. The second-order valence-electron chi connectivity index (χ2n) is 17.7. The van der Waals surface area contributed by atoms with Crippen molar-refractivity contribution in [3.63, 3.8) is 0 Å². The molecular formula is C63H45Ir4N14O2PtS3-5. The number of imidazole rings is 1. The Labute approximate surface area is 581 Å². The summed E-state index contributed by atoms with van der Waals surface area (Å²) in [5, 5.41) is 22.2. The van der Waals surface area contributed by atoms with Gasteiger partial charge in [-0.05, 0) is 98.6 Å². The molecule has 0 aliphatic rings. The van der Waals surface area contributed by atoms with Crippen LogP contribution < -0.4 is 25.1 Å². The molecule has 448 valence electrons. The third-order valence-corrected chi connectivity index (χ3v) is 14.3. The van der Waals surface area contributed by atoms with Crippen molar-refractivity contribution in [1.29, 1.82) is 0 Å². The van der Waals surface area contributed by atoms with Crippen LogP contribution in [0.1, 0.15) is 11.1 Å². The molecule has 0 atom stereocenters. The molecule has 11 heterocycles. The topological polar surface area (TPSA) is 213 Å². The molecule has 0 unspecified atom stereocenters. The van der Waals surface area contributed by atoms with Crippen molar-refractivity contribution >= 4 is 34.0 Å². The first-order valence-electron chi connectivity index (χ1n) is 25.3. The predicted octanol–water partition coefficient (Wildman–Crippen LogP) is 14.4. The van der Waals surface area contributed by atoms with E-state index in [0.29, 0.717) is 5.69 Å². The normalized spacial score (nSPS) is 9.95. The Balaban J connectivity index is 0.000000171. The number of aryl methyl sites for hydroxylation is 2. The van der Waals surface area contributed by atoms with Crippen molar-refractivity contribution in [2.75, 3.05) is 0 Å². The summed E-state index contributed by atoms with van der Waals surface area (Å²) in [6.07, 6.45) is 18.2. The zero-order valence-electron chi connectivity index (χ0n) is 45.5. The third kappa shape index (κ3) is 17.3. The van der Waals surface area contributed by atoms with Crippen LogP contribution in [0.3, 0.4) is 0 Å². The number of benzene rings is 4. The summed E-state index contributed by atoms with van der Waals surface area (Å²) in [6, 6.07) is 44.6. The molecule has 24 heteroatoms. The Morgan fingerprint density at radius 2 is 0.828 bits per heavy atom. The van der Waals surface area contributed by atoms with Crippen LogP contribution in [0.5, 0.6) is 0 Å². The molecule has 0 N–H and O–H groups in total. The zero-order valence-corrected chi connectivity index (χ0v) is 59.8. The molecule has 0 amide bonds. The molecule has 0 bridgehead atoms. The molecule has 15 aromatic rings. The molecule has 15 rings (SSSR count). The van der Waals surface area contributed by atoms with Gasteiger partial charge in [0.2, 0.25) is 0 Å². The minimum absolute atomic E-state index is 0. The second kappa shape index (κ2) is 35.0. The van der Waals surface area contributed by atoms with Gasteiger partial charge >= 0.3 is 0 Å². The Hall–Kier alpha value is -7.18. The Morgan fingerprint density at radius 3 is 1.30 bits per heavy atom. The van der Waals surface area contributed by atoms with Gasteiger partial charge in [-0.25, -0.2) is 24.9 Å². The monoisotopic (exact) mass is 2090 g/mol. The fourth-order valence-corrected chi connectivity index (χ4v) is 10.4. The van der Waals surface area contributed by atoms with Crippen LogP contribution in [0.4, 0.5) is 0 Å². The van der Waals surface area contributed by atoms with Crippen LogP contribution in [0.15, 0.2) is 244 Å². The zero-order chi connectivity index (χ0) is 55.7. The van der Waals surface area contributed by atoms with Gasteiger partial charge in [0.05, 0.1) is 45.0 Å². The molecule has 87 heavy (non-hydrogen) atoms. The van der Waals surface area contributed by atoms with Crippen LogP contribution in [-0.2, 0) is 101 Å². The van der Waals surface area contributed by atoms with E-state index in [4.69, 9.17) is 8.83 Å². The number of pyridine rings is 1. The third-order valence-electron chi connectivity index (χ3n) is 12.5. The largest absolute Gasteiger partial charge is 0.662 e. The van der Waals surface area contributed by atoms with Crippen LogP contribution in [0.25, 0.3) is 113 Å². The van der Waals surface area contributed by atoms with E-state index in [1.165, 1.54) is 35.0 Å². The number of thiazole rings is 3. The minimum atomic E-state index is 0. The van der Waals surface area contributed by atoms with Gasteiger partial charge in [0.15, 0.2) is 12.8 Å². The number of nitrogens with zero attached hydrogens (tertiary/aromatic N) is 14. The van der Waals surface area contributed by atoms with Crippen molar-refractivity contribution in [2.24, 2.45) is 0 Å². The Kier molecular flexibility index (Phi) is 27.7. The maximum Gasteiger partial charge on any atom is 0.180 e. The molecule has 0 aliphatic carbocycles. The average Bonchev–Trinajstić information content (AvgIpc) is 2.63. The van der Waals surface area contributed by atoms with Crippen molar-refractivity contribution in [3.8, 4) is 113 Å². The molecule has 4 aromatic carbocycles. The SMILES string of the molecule is Cc1cccc(C)c1-c1cn[n-]c1-c1cocn1.[Ir].[Ir].[Ir].[Ir].[Pt].c1cc(-c2nc[n-]c2-c2cscn2)ccn1.c1ccc(-c2cc[n-]c2-c2cocn2)cc1.c1ccc(-c2cc[n-]c2-c2cscn2)cc1.c1ccc(-c2cn[n-]c2-c2cscn2)cc1. The molecule has 16 nitrogen and oxygen atoms in total. The summed E-state index contributed by atoms with van der Waals surface area (Å²) in [5.41, 5.74) is 27.0. The summed E-state index contributed by atoms with van der Waals surface area (Å²) >= 11 is 4.70. The Morgan fingerprint density at radius 1 is 0.391 bits per heavy atom. The fourth-order valence-electron chi connectivity index (χ4n) is 8.75. The van der Waals surface area contributed by atoms with Crippen molar-refractivity contribution in [1.82, 2.24) is 70.2 Å². The summed E-state index contributed by atoms with van der Waals surface area (Å²) in [7, 11) is 0. The molecule has 0 saturated carbocycles. The first-order valence-corrected chi connectivity index (χ1v) is 28.1. The van der Waals surface area contributed by atoms with Gasteiger partial charge in [-0.15, -0.1) is 39.7 Å². The number of hydrogen-bond acceptors (Lipinski definition) is 14. The van der Waals surface area contributed by atoms with E-state index in [2.05, 4.69) is 133 Å². The number of aromatic nitrogens is 14. The average molecular weight is 2090 g/mol. The standard InChI is InChI=1S/C14H12N3O.C13H9N2O.C13H9N2S.C12H8N3S.C11H7N4S.4Ir.Pt/c1-9-4-3-5-10(2)13(9)11-6-16-17-14(11)12-7-18-8-15-12;2*1-2-4-10(5-3-1)11-6-7-14-13(11)12-8-16-9-15-12;1-2-4-9(5-3-1)10-6-14-15-12(10)11-7-16-8-13-11;1-3-12-4-2-8(1)10-11(14-6-13-10)9-5-16-7-15-9;;;;;/h3-8H,1-2H3;2*1-9H;1-8H;1-7H;;;;;/q5*-1;;;;;. The van der Waals surface area contributed by atoms with Gasteiger partial charge in [0.1, 0.15) is 12.5 Å². The smallest absolute Gasteiger partial charge is 0.180 e. The predicted molar refractivity (Wildman–Crippen MR) is 321 cm³/mol. The molecular weight excluding hydrogens is 2040 g/mol. The first kappa shape index (κ1) is 68.9. The van der Waals surface area contributed by atoms with Crippen LogP contribution >= 0.6 is 34.0 Å². The van der Waals surface area contributed by atoms with E-state index in [-0.39, 0.29) is 101 Å². The summed E-state index contributed by atoms with van der Waals surface area (Å²) < 4.78 is 9.99. The second-order valence-corrected chi connectivity index (χ2v) is 19.8. The number of hydrogen-bond donors (Lipinski definition) is 0. The van der Waals surface area contributed by atoms with Crippen LogP contribution in [0, 0.1) is 13.8 Å². The number of oxazole rings is 2. The van der Waals surface area contributed by atoms with Gasteiger partial charge < -0.3 is 49.2 Å².